The average molecular weight is 681 g/mol. The molecule has 0 bridgehead atoms. The third-order valence-corrected chi connectivity index (χ3v) is 12.4. The third kappa shape index (κ3) is 5.72. The van der Waals surface area contributed by atoms with Crippen molar-refractivity contribution in [3.05, 3.63) is 53.6 Å². The summed E-state index contributed by atoms with van der Waals surface area (Å²) in [4.78, 5) is 15.3. The predicted molar refractivity (Wildman–Crippen MR) is 168 cm³/mol. The van der Waals surface area contributed by atoms with Gasteiger partial charge in [-0.05, 0) is 48.9 Å². The maximum atomic E-state index is 13.9. The van der Waals surface area contributed by atoms with E-state index < -0.39 is 37.6 Å². The summed E-state index contributed by atoms with van der Waals surface area (Å²) in [6, 6.07) is 6.32. The molecule has 1 unspecified atom stereocenters. The summed E-state index contributed by atoms with van der Waals surface area (Å²) in [6.45, 7) is 3.82. The number of aromatic nitrogens is 5. The number of benzene rings is 1. The summed E-state index contributed by atoms with van der Waals surface area (Å²) in [5, 5.41) is 7.64. The Morgan fingerprint density at radius 1 is 1.07 bits per heavy atom. The minimum atomic E-state index is -3.70. The van der Waals surface area contributed by atoms with Crippen LogP contribution in [0.2, 0.25) is 5.15 Å². The van der Waals surface area contributed by atoms with E-state index in [9.17, 15) is 25.6 Å². The molecule has 2 aliphatic rings. The highest BCUT2D eigenvalue weighted by molar-refractivity contribution is 7.90. The second kappa shape index (κ2) is 11.4. The normalized spacial score (nSPS) is 19.7. The van der Waals surface area contributed by atoms with Crippen molar-refractivity contribution < 1.29 is 25.6 Å². The summed E-state index contributed by atoms with van der Waals surface area (Å²) in [7, 11) is -5.53. The molecule has 12 nitrogen and oxygen atoms in total. The van der Waals surface area contributed by atoms with Crippen molar-refractivity contribution in [2.75, 3.05) is 30.1 Å². The topological polar surface area (TPSA) is 143 Å². The molecule has 1 N–H and O–H groups in total. The molecule has 1 saturated heterocycles. The Morgan fingerprint density at radius 3 is 2.44 bits per heavy atom. The fraction of sp³-hybridized carbons (Fsp3) is 0.429. The lowest BCUT2D eigenvalue weighted by molar-refractivity contribution is 0.121. The Kier molecular flexibility index (Phi) is 7.98. The number of nitrogens with one attached hydrogen (secondary N) is 1. The monoisotopic (exact) mass is 680 g/mol. The van der Waals surface area contributed by atoms with Crippen LogP contribution in [0, 0.1) is 0 Å². The van der Waals surface area contributed by atoms with Gasteiger partial charge in [0, 0.05) is 49.0 Å². The lowest BCUT2D eigenvalue weighted by Gasteiger charge is -2.51. The molecule has 6 rings (SSSR count). The van der Waals surface area contributed by atoms with Gasteiger partial charge in [-0.1, -0.05) is 24.6 Å². The van der Waals surface area contributed by atoms with E-state index in [1.807, 2.05) is 11.8 Å². The van der Waals surface area contributed by atoms with Gasteiger partial charge in [-0.15, -0.1) is 4.09 Å². The Bertz CT molecular complexity index is 2010. The Hall–Kier alpha value is -3.47. The molecular formula is C28H31ClF2N8O4S2. The van der Waals surface area contributed by atoms with E-state index >= 15 is 0 Å². The second-order valence-electron chi connectivity index (χ2n) is 11.5. The number of anilines is 3. The molecule has 1 aromatic carbocycles. The zero-order chi connectivity index (χ0) is 32.4. The van der Waals surface area contributed by atoms with Gasteiger partial charge < -0.3 is 10.2 Å². The van der Waals surface area contributed by atoms with Crippen molar-refractivity contribution in [3.63, 3.8) is 0 Å². The van der Waals surface area contributed by atoms with E-state index in [1.165, 1.54) is 29.9 Å². The minimum absolute atomic E-state index is 0.119. The molecule has 1 aliphatic carbocycles. The van der Waals surface area contributed by atoms with Crippen molar-refractivity contribution >= 4 is 59.7 Å². The largest absolute Gasteiger partial charge is 0.365 e. The Labute approximate surface area is 264 Å². The van der Waals surface area contributed by atoms with Crippen molar-refractivity contribution in [2.45, 2.75) is 56.4 Å². The van der Waals surface area contributed by atoms with Crippen LogP contribution in [0.3, 0.4) is 0 Å². The van der Waals surface area contributed by atoms with Crippen LogP contribution in [0.4, 0.5) is 26.1 Å². The minimum Gasteiger partial charge on any atom is -0.365 e. The molecule has 0 amide bonds. The van der Waals surface area contributed by atoms with Gasteiger partial charge in [-0.3, -0.25) is 0 Å². The van der Waals surface area contributed by atoms with Crippen LogP contribution >= 0.6 is 11.6 Å². The number of rotatable bonds is 10. The molecule has 0 spiro atoms. The van der Waals surface area contributed by atoms with Crippen LogP contribution in [0.5, 0.6) is 0 Å². The molecule has 240 valence electrons. The van der Waals surface area contributed by atoms with E-state index in [1.54, 1.807) is 37.5 Å². The summed E-state index contributed by atoms with van der Waals surface area (Å²) < 4.78 is 79.5. The van der Waals surface area contributed by atoms with E-state index in [4.69, 9.17) is 11.6 Å². The first kappa shape index (κ1) is 31.5. The zero-order valence-corrected chi connectivity index (χ0v) is 27.2. The maximum Gasteiger partial charge on any atom is 0.258 e. The van der Waals surface area contributed by atoms with Gasteiger partial charge in [-0.25, -0.2) is 40.6 Å². The number of hydrogen-bond donors (Lipinski definition) is 1. The third-order valence-electron chi connectivity index (χ3n) is 8.53. The van der Waals surface area contributed by atoms with E-state index in [0.717, 1.165) is 9.77 Å². The zero-order valence-electron chi connectivity index (χ0n) is 24.8. The van der Waals surface area contributed by atoms with Crippen molar-refractivity contribution in [1.29, 1.82) is 0 Å². The van der Waals surface area contributed by atoms with Gasteiger partial charge in [0.15, 0.2) is 11.0 Å². The van der Waals surface area contributed by atoms with Crippen LogP contribution in [0.25, 0.3) is 22.2 Å². The first-order valence-corrected chi connectivity index (χ1v) is 17.9. The molecule has 4 aromatic rings. The van der Waals surface area contributed by atoms with Crippen LogP contribution in [-0.2, 0) is 20.0 Å². The SMILES string of the molecule is CC(c1ccc(N2C[C@H](N(C)S(C)(=O)=O)[C@H]2C)c2cnc(Nc3ccnc(-c4cnn(S(=O)(=O)C5CC5)c4Cl)n3)cc12)C(F)F. The van der Waals surface area contributed by atoms with Gasteiger partial charge in [0.05, 0.1) is 29.3 Å². The van der Waals surface area contributed by atoms with Crippen LogP contribution in [0.1, 0.15) is 38.2 Å². The molecule has 4 heterocycles. The molecule has 45 heavy (non-hydrogen) atoms. The number of fused-ring (bicyclic) bond motifs is 1. The van der Waals surface area contributed by atoms with Gasteiger partial charge in [0.25, 0.3) is 10.0 Å². The van der Waals surface area contributed by atoms with Gasteiger partial charge in [-0.2, -0.15) is 9.40 Å². The van der Waals surface area contributed by atoms with Crippen molar-refractivity contribution in [2.24, 2.45) is 0 Å². The second-order valence-corrected chi connectivity index (χ2v) is 15.9. The number of sulfonamides is 1. The smallest absolute Gasteiger partial charge is 0.258 e. The molecule has 1 aliphatic heterocycles. The van der Waals surface area contributed by atoms with E-state index in [0.29, 0.717) is 47.4 Å². The molecule has 3 aromatic heterocycles. The quantitative estimate of drug-likeness (QED) is 0.255. The standard InChI is InChI=1S/C28H31ClF2N8O4S2/c1-15(27(30)31)18-7-8-22(38-14-23(16(38)2)37(3)44(4,40)41)20-12-33-25(11-19(18)20)35-24-9-10-32-28(36-24)21-13-34-39(26(21)29)45(42,43)17-5-6-17/h7-13,15-17,23,27H,5-6,14H2,1-4H3,(H,32,33,35,36)/t15?,16-,23+/m1/s1. The van der Waals surface area contributed by atoms with Crippen LogP contribution < -0.4 is 10.2 Å². The van der Waals surface area contributed by atoms with E-state index in [-0.39, 0.29) is 28.6 Å². The summed E-state index contributed by atoms with van der Waals surface area (Å²) in [5.74, 6) is -0.288. The molecule has 1 saturated carbocycles. The molecule has 3 atom stereocenters. The number of pyridine rings is 1. The summed E-state index contributed by atoms with van der Waals surface area (Å²) in [6.07, 6.45) is 4.04. The molecule has 2 fully saturated rings. The van der Waals surface area contributed by atoms with E-state index in [2.05, 4.69) is 25.4 Å². The van der Waals surface area contributed by atoms with Crippen LogP contribution in [-0.4, -0.2) is 88.9 Å². The van der Waals surface area contributed by atoms with Gasteiger partial charge in [0.2, 0.25) is 16.4 Å². The molecular weight excluding hydrogens is 650 g/mol. The Morgan fingerprint density at radius 2 is 1.80 bits per heavy atom. The molecule has 0 radical (unpaired) electrons. The average Bonchev–Trinajstić information content (AvgIpc) is 3.78. The summed E-state index contributed by atoms with van der Waals surface area (Å²) in [5.41, 5.74) is 1.43. The lowest BCUT2D eigenvalue weighted by atomic mass is 9.91. The number of halogens is 3. The van der Waals surface area contributed by atoms with Crippen molar-refractivity contribution in [1.82, 2.24) is 28.4 Å². The maximum absolute atomic E-state index is 13.9. The van der Waals surface area contributed by atoms with Gasteiger partial charge in [0.1, 0.15) is 11.6 Å². The highest BCUT2D eigenvalue weighted by atomic mass is 35.5. The fourth-order valence-electron chi connectivity index (χ4n) is 5.51. The first-order chi connectivity index (χ1) is 21.2. The molecule has 17 heteroatoms. The highest BCUT2D eigenvalue weighted by Gasteiger charge is 2.42. The lowest BCUT2D eigenvalue weighted by Crippen LogP contribution is -2.65. The Balaban J connectivity index is 1.32. The number of alkyl halides is 2. The predicted octanol–water partition coefficient (Wildman–Crippen LogP) is 4.46. The number of hydrogen-bond acceptors (Lipinski definition) is 10. The van der Waals surface area contributed by atoms with Gasteiger partial charge >= 0.3 is 0 Å². The summed E-state index contributed by atoms with van der Waals surface area (Å²) >= 11 is 6.39. The van der Waals surface area contributed by atoms with Crippen molar-refractivity contribution in [3.8, 4) is 11.4 Å². The first-order valence-electron chi connectivity index (χ1n) is 14.2. The number of likely N-dealkylation sites (N-methyl/N-ethyl adjacent to an activating group) is 1. The fourth-order valence-corrected chi connectivity index (χ4v) is 8.23. The number of nitrogens with zero attached hydrogens (tertiary/aromatic N) is 7. The highest BCUT2D eigenvalue weighted by Crippen LogP contribution is 2.40. The van der Waals surface area contributed by atoms with Crippen LogP contribution in [0.15, 0.2) is 42.9 Å².